The second-order valence-electron chi connectivity index (χ2n) is 6.72. The number of carbonyl (C=O) groups is 1. The molecule has 0 radical (unpaired) electrons. The van der Waals surface area contributed by atoms with Gasteiger partial charge in [0.05, 0.1) is 33.9 Å². The van der Waals surface area contributed by atoms with Gasteiger partial charge in [-0.3, -0.25) is 19.7 Å². The first kappa shape index (κ1) is 22.6. The standard InChI is InChI=1S/C21H12FN5O6/c1-10-4-15(25-26-20(10)28)17(21(29)30)14-2-3-16(27(31)32)19(18(14)22)33-13-6-11(8-23)5-12(7-13)9-24/h2-7,17H,1H3,(H,26,28)(H,29,30). The van der Waals surface area contributed by atoms with E-state index in [1.165, 1.54) is 13.0 Å². The van der Waals surface area contributed by atoms with Crippen molar-refractivity contribution in [1.82, 2.24) is 10.2 Å². The second-order valence-corrected chi connectivity index (χ2v) is 6.72. The number of ether oxygens (including phenoxy) is 1. The molecule has 11 nitrogen and oxygen atoms in total. The minimum absolute atomic E-state index is 0.0143. The Labute approximate surface area is 184 Å². The van der Waals surface area contributed by atoms with Crippen molar-refractivity contribution in [2.45, 2.75) is 12.8 Å². The van der Waals surface area contributed by atoms with Crippen LogP contribution in [-0.2, 0) is 4.79 Å². The molecule has 1 atom stereocenters. The molecule has 0 bridgehead atoms. The summed E-state index contributed by atoms with van der Waals surface area (Å²) in [6, 6.07) is 10.0. The van der Waals surface area contributed by atoms with Gasteiger partial charge in [0, 0.05) is 17.2 Å². The summed E-state index contributed by atoms with van der Waals surface area (Å²) in [6.45, 7) is 1.40. The molecule has 2 aromatic carbocycles. The summed E-state index contributed by atoms with van der Waals surface area (Å²) in [7, 11) is 0. The van der Waals surface area contributed by atoms with Gasteiger partial charge in [0.1, 0.15) is 11.7 Å². The predicted molar refractivity (Wildman–Crippen MR) is 108 cm³/mol. The average Bonchev–Trinajstić information content (AvgIpc) is 2.78. The van der Waals surface area contributed by atoms with Crippen molar-refractivity contribution in [3.05, 3.63) is 90.6 Å². The Balaban J connectivity index is 2.21. The number of carboxylic acids is 1. The number of aliphatic carboxylic acids is 1. The molecule has 164 valence electrons. The van der Waals surface area contributed by atoms with Crippen molar-refractivity contribution in [3.63, 3.8) is 0 Å². The molecule has 0 aliphatic carbocycles. The number of aromatic amines is 1. The highest BCUT2D eigenvalue weighted by Gasteiger charge is 2.33. The SMILES string of the molecule is Cc1cc(C(C(=O)O)c2ccc([N+](=O)[O-])c(Oc3cc(C#N)cc(C#N)c3)c2F)n[nH]c1=O. The zero-order chi connectivity index (χ0) is 24.3. The zero-order valence-electron chi connectivity index (χ0n) is 16.7. The minimum Gasteiger partial charge on any atom is -0.480 e. The molecule has 12 heteroatoms. The zero-order valence-corrected chi connectivity index (χ0v) is 16.7. The van der Waals surface area contributed by atoms with Crippen molar-refractivity contribution in [3.8, 4) is 23.6 Å². The number of hydrogen-bond acceptors (Lipinski definition) is 8. The molecule has 0 fully saturated rings. The van der Waals surface area contributed by atoms with Crippen LogP contribution in [0.2, 0.25) is 0 Å². The molecule has 1 unspecified atom stereocenters. The first-order valence-corrected chi connectivity index (χ1v) is 9.05. The molecule has 0 amide bonds. The number of aromatic nitrogens is 2. The lowest BCUT2D eigenvalue weighted by molar-refractivity contribution is -0.385. The van der Waals surface area contributed by atoms with Gasteiger partial charge in [-0.25, -0.2) is 9.49 Å². The Hall–Kier alpha value is -5.10. The number of benzene rings is 2. The van der Waals surface area contributed by atoms with E-state index in [1.54, 1.807) is 12.1 Å². The third-order valence-electron chi connectivity index (χ3n) is 4.55. The highest BCUT2D eigenvalue weighted by atomic mass is 19.1. The predicted octanol–water partition coefficient (Wildman–Crippen LogP) is 2.88. The van der Waals surface area contributed by atoms with Crippen molar-refractivity contribution in [2.24, 2.45) is 0 Å². The second kappa shape index (κ2) is 8.95. The van der Waals surface area contributed by atoms with Crippen LogP contribution in [0.15, 0.2) is 41.2 Å². The number of carboxylic acid groups (broad SMARTS) is 1. The van der Waals surface area contributed by atoms with Crippen LogP contribution in [0.4, 0.5) is 10.1 Å². The molecular formula is C21H12FN5O6. The van der Waals surface area contributed by atoms with Crippen molar-refractivity contribution >= 4 is 11.7 Å². The van der Waals surface area contributed by atoms with E-state index in [0.717, 1.165) is 30.3 Å². The lowest BCUT2D eigenvalue weighted by Crippen LogP contribution is -2.21. The number of nitro benzene ring substituents is 1. The lowest BCUT2D eigenvalue weighted by Gasteiger charge is -2.16. The monoisotopic (exact) mass is 449 g/mol. The van der Waals surface area contributed by atoms with E-state index >= 15 is 4.39 Å². The van der Waals surface area contributed by atoms with Crippen molar-refractivity contribution in [1.29, 1.82) is 10.5 Å². The molecule has 0 spiro atoms. The highest BCUT2D eigenvalue weighted by Crippen LogP contribution is 2.39. The van der Waals surface area contributed by atoms with Gasteiger partial charge in [0.25, 0.3) is 5.56 Å². The molecule has 1 heterocycles. The number of rotatable bonds is 6. The molecular weight excluding hydrogens is 437 g/mol. The number of nitrogens with zero attached hydrogens (tertiary/aromatic N) is 4. The van der Waals surface area contributed by atoms with Crippen LogP contribution in [-0.4, -0.2) is 26.2 Å². The maximum atomic E-state index is 15.5. The van der Waals surface area contributed by atoms with Crippen LogP contribution in [0, 0.1) is 45.5 Å². The minimum atomic E-state index is -1.73. The number of nitro groups is 1. The Morgan fingerprint density at radius 2 is 1.88 bits per heavy atom. The van der Waals surface area contributed by atoms with Crippen molar-refractivity contribution < 1.29 is 24.0 Å². The number of aryl methyl sites for hydroxylation is 1. The van der Waals surface area contributed by atoms with Gasteiger partial charge in [-0.1, -0.05) is 0 Å². The van der Waals surface area contributed by atoms with E-state index in [9.17, 15) is 24.8 Å². The van der Waals surface area contributed by atoms with E-state index in [2.05, 4.69) is 10.2 Å². The summed E-state index contributed by atoms with van der Waals surface area (Å²) in [6.07, 6.45) is 0. The van der Waals surface area contributed by atoms with E-state index < -0.39 is 45.2 Å². The molecule has 0 saturated carbocycles. The topological polar surface area (TPSA) is 183 Å². The van der Waals surface area contributed by atoms with E-state index in [0.29, 0.717) is 0 Å². The first-order chi connectivity index (χ1) is 15.7. The average molecular weight is 449 g/mol. The number of H-pyrrole nitrogens is 1. The Morgan fingerprint density at radius 3 is 2.39 bits per heavy atom. The van der Waals surface area contributed by atoms with Crippen LogP contribution < -0.4 is 10.3 Å². The molecule has 1 aromatic heterocycles. The van der Waals surface area contributed by atoms with E-state index in [1.807, 2.05) is 0 Å². The van der Waals surface area contributed by atoms with Crippen LogP contribution in [0.3, 0.4) is 0 Å². The van der Waals surface area contributed by atoms with Gasteiger partial charge in [-0.05, 0) is 37.3 Å². The van der Waals surface area contributed by atoms with Gasteiger partial charge >= 0.3 is 11.7 Å². The van der Waals surface area contributed by atoms with E-state index in [4.69, 9.17) is 15.3 Å². The van der Waals surface area contributed by atoms with E-state index in [-0.39, 0.29) is 28.1 Å². The summed E-state index contributed by atoms with van der Waals surface area (Å²) in [5, 5.41) is 45.1. The highest BCUT2D eigenvalue weighted by molar-refractivity contribution is 5.80. The quantitative estimate of drug-likeness (QED) is 0.422. The first-order valence-electron chi connectivity index (χ1n) is 9.05. The van der Waals surface area contributed by atoms with Gasteiger partial charge in [0.2, 0.25) is 5.75 Å². The summed E-state index contributed by atoms with van der Waals surface area (Å²) in [5.74, 6) is -5.78. The largest absolute Gasteiger partial charge is 0.480 e. The number of hydrogen-bond donors (Lipinski definition) is 2. The van der Waals surface area contributed by atoms with Crippen LogP contribution in [0.5, 0.6) is 11.5 Å². The summed E-state index contributed by atoms with van der Waals surface area (Å²) >= 11 is 0. The number of nitrogens with one attached hydrogen (secondary N) is 1. The van der Waals surface area contributed by atoms with Crippen LogP contribution >= 0.6 is 0 Å². The molecule has 0 aliphatic heterocycles. The van der Waals surface area contributed by atoms with Gasteiger partial charge in [-0.15, -0.1) is 0 Å². The maximum Gasteiger partial charge on any atom is 0.317 e. The van der Waals surface area contributed by atoms with Crippen LogP contribution in [0.25, 0.3) is 0 Å². The molecule has 2 N–H and O–H groups in total. The Bertz CT molecular complexity index is 1400. The van der Waals surface area contributed by atoms with Gasteiger partial charge in [0.15, 0.2) is 5.82 Å². The number of halogens is 1. The third kappa shape index (κ3) is 4.50. The smallest absolute Gasteiger partial charge is 0.317 e. The number of nitriles is 2. The van der Waals surface area contributed by atoms with Crippen molar-refractivity contribution in [2.75, 3.05) is 0 Å². The molecule has 0 saturated heterocycles. The fourth-order valence-electron chi connectivity index (χ4n) is 3.02. The molecule has 0 aliphatic rings. The van der Waals surface area contributed by atoms with Gasteiger partial charge < -0.3 is 9.84 Å². The van der Waals surface area contributed by atoms with Crippen LogP contribution in [0.1, 0.15) is 33.9 Å². The maximum absolute atomic E-state index is 15.5. The third-order valence-corrected chi connectivity index (χ3v) is 4.55. The fourth-order valence-corrected chi connectivity index (χ4v) is 3.02. The molecule has 3 rings (SSSR count). The Kier molecular flexibility index (Phi) is 6.13. The molecule has 3 aromatic rings. The fraction of sp³-hybridized carbons (Fsp3) is 0.0952. The Morgan fingerprint density at radius 1 is 1.24 bits per heavy atom. The summed E-state index contributed by atoms with van der Waals surface area (Å²) in [4.78, 5) is 34.1. The summed E-state index contributed by atoms with van der Waals surface area (Å²) in [5.41, 5.74) is -2.01. The molecule has 33 heavy (non-hydrogen) atoms. The normalized spacial score (nSPS) is 11.2. The summed E-state index contributed by atoms with van der Waals surface area (Å²) < 4.78 is 20.8. The van der Waals surface area contributed by atoms with Gasteiger partial charge in [-0.2, -0.15) is 15.6 Å². The lowest BCUT2D eigenvalue weighted by atomic mass is 9.93.